The number of rotatable bonds is 8. The summed E-state index contributed by atoms with van der Waals surface area (Å²) in [6.45, 7) is 2.39. The lowest BCUT2D eigenvalue weighted by Gasteiger charge is -2.26. The average molecular weight is 524 g/mol. The summed E-state index contributed by atoms with van der Waals surface area (Å²) in [5.41, 5.74) is 2.15. The number of urea groups is 1. The molecule has 0 aliphatic carbocycles. The van der Waals surface area contributed by atoms with Crippen LogP contribution in [0.5, 0.6) is 5.75 Å². The summed E-state index contributed by atoms with van der Waals surface area (Å²) in [7, 11) is 0. The van der Waals surface area contributed by atoms with Crippen LogP contribution in [0, 0.1) is 0 Å². The molecule has 6 N–H and O–H groups in total. The minimum atomic E-state index is -1.30. The molecule has 0 radical (unpaired) electrons. The molecule has 0 bridgehead atoms. The highest BCUT2D eigenvalue weighted by Gasteiger charge is 2.25. The lowest BCUT2D eigenvalue weighted by Crippen LogP contribution is -2.32. The number of aliphatic imine (C=N–C) groups is 1. The number of nitrogens with zero attached hydrogens (tertiary/aromatic N) is 2. The zero-order chi connectivity index (χ0) is 25.4. The standard InChI is InChI=1S/C21H23Cl2N7O5/c1-11-16(12-2-4-13(5-3-12)35-21(34)25-9-7-23)29-17-14(26-11)10-15(28-20(32)33)27-18(17)30-19(31)24-8-6-22/h2-5,10-11,26H,6-9H2,1H3,(H,25,34)(H,32,33)(H3,24,27,28,30,31)/t11-/m0/s1. The van der Waals surface area contributed by atoms with Crippen LogP contribution in [0.25, 0.3) is 0 Å². The highest BCUT2D eigenvalue weighted by Crippen LogP contribution is 2.39. The predicted octanol–water partition coefficient (Wildman–Crippen LogP) is 3.79. The number of carboxylic acid groups (broad SMARTS) is 1. The molecule has 35 heavy (non-hydrogen) atoms. The molecule has 2 heterocycles. The van der Waals surface area contributed by atoms with E-state index in [-0.39, 0.29) is 42.5 Å². The van der Waals surface area contributed by atoms with Crippen LogP contribution in [0.3, 0.4) is 0 Å². The van der Waals surface area contributed by atoms with Crippen LogP contribution in [0.2, 0.25) is 0 Å². The van der Waals surface area contributed by atoms with Crippen LogP contribution in [0.4, 0.5) is 37.4 Å². The number of anilines is 3. The van der Waals surface area contributed by atoms with Gasteiger partial charge in [0.2, 0.25) is 0 Å². The van der Waals surface area contributed by atoms with Gasteiger partial charge in [-0.15, -0.1) is 23.2 Å². The molecule has 12 nitrogen and oxygen atoms in total. The summed E-state index contributed by atoms with van der Waals surface area (Å²) in [5.74, 6) is 0.883. The number of benzene rings is 1. The van der Waals surface area contributed by atoms with Gasteiger partial charge in [0.25, 0.3) is 0 Å². The fraction of sp³-hybridized carbons (Fsp3) is 0.286. The number of nitrogens with one attached hydrogen (secondary N) is 5. The van der Waals surface area contributed by atoms with Crippen molar-refractivity contribution in [2.24, 2.45) is 4.99 Å². The van der Waals surface area contributed by atoms with Gasteiger partial charge in [0.15, 0.2) is 5.82 Å². The Morgan fingerprint density at radius 2 is 1.77 bits per heavy atom. The van der Waals surface area contributed by atoms with Crippen molar-refractivity contribution in [3.63, 3.8) is 0 Å². The Hall–Kier alpha value is -3.77. The van der Waals surface area contributed by atoms with Crippen molar-refractivity contribution in [1.82, 2.24) is 15.6 Å². The molecule has 1 aliphatic rings. The van der Waals surface area contributed by atoms with Crippen LogP contribution in [0.1, 0.15) is 12.5 Å². The lowest BCUT2D eigenvalue weighted by molar-refractivity contribution is 0.201. The smallest absolute Gasteiger partial charge is 0.412 e. The third-order valence-electron chi connectivity index (χ3n) is 4.58. The molecule has 0 unspecified atom stereocenters. The highest BCUT2D eigenvalue weighted by atomic mass is 35.5. The summed E-state index contributed by atoms with van der Waals surface area (Å²) in [6, 6.07) is 7.35. The van der Waals surface area contributed by atoms with Crippen molar-refractivity contribution < 1.29 is 24.2 Å². The predicted molar refractivity (Wildman–Crippen MR) is 134 cm³/mol. The van der Waals surface area contributed by atoms with Crippen LogP contribution in [-0.2, 0) is 0 Å². The zero-order valence-electron chi connectivity index (χ0n) is 18.5. The number of amides is 4. The molecule has 3 rings (SSSR count). The van der Waals surface area contributed by atoms with Crippen LogP contribution in [0.15, 0.2) is 35.3 Å². The Balaban J connectivity index is 1.91. The maximum absolute atomic E-state index is 12.2. The van der Waals surface area contributed by atoms with E-state index in [0.717, 1.165) is 5.56 Å². The first-order valence-electron chi connectivity index (χ1n) is 10.4. The first-order valence-corrected chi connectivity index (χ1v) is 11.5. The second-order valence-electron chi connectivity index (χ2n) is 7.15. The Morgan fingerprint density at radius 1 is 1.09 bits per heavy atom. The molecule has 1 aromatic carbocycles. The molecule has 0 fully saturated rings. The Bertz CT molecular complexity index is 1130. The van der Waals surface area contributed by atoms with Gasteiger partial charge in [0, 0.05) is 30.9 Å². The first kappa shape index (κ1) is 25.8. The highest BCUT2D eigenvalue weighted by molar-refractivity contribution is 6.18. The van der Waals surface area contributed by atoms with Crippen molar-refractivity contribution in [2.75, 3.05) is 40.8 Å². The van der Waals surface area contributed by atoms with Crippen molar-refractivity contribution in [3.8, 4) is 5.75 Å². The van der Waals surface area contributed by atoms with E-state index in [0.29, 0.717) is 22.8 Å². The van der Waals surface area contributed by atoms with Crippen LogP contribution < -0.4 is 31.3 Å². The number of alkyl halides is 2. The summed E-state index contributed by atoms with van der Waals surface area (Å²) >= 11 is 11.2. The van der Waals surface area contributed by atoms with Crippen LogP contribution in [-0.4, -0.2) is 64.9 Å². The second kappa shape index (κ2) is 12.1. The summed E-state index contributed by atoms with van der Waals surface area (Å²) in [4.78, 5) is 43.9. The van der Waals surface area contributed by atoms with E-state index in [2.05, 4.69) is 31.6 Å². The van der Waals surface area contributed by atoms with E-state index in [1.54, 1.807) is 24.3 Å². The number of carbonyl (C=O) groups excluding carboxylic acids is 2. The third-order valence-corrected chi connectivity index (χ3v) is 4.96. The fourth-order valence-corrected chi connectivity index (χ4v) is 3.34. The molecule has 186 valence electrons. The average Bonchev–Trinajstić information content (AvgIpc) is 2.81. The minimum absolute atomic E-state index is 0.0104. The van der Waals surface area contributed by atoms with E-state index in [9.17, 15) is 14.4 Å². The SMILES string of the molecule is C[C@@H]1Nc2cc(NC(=O)O)nc(NC(=O)NCCCl)c2N=C1c1ccc(OC(=O)NCCCl)cc1. The molecule has 1 atom stereocenters. The van der Waals surface area contributed by atoms with Gasteiger partial charge in [0.1, 0.15) is 17.3 Å². The molecule has 1 aromatic heterocycles. The summed E-state index contributed by atoms with van der Waals surface area (Å²) in [5, 5.41) is 22.1. The van der Waals surface area contributed by atoms with E-state index >= 15 is 0 Å². The van der Waals surface area contributed by atoms with Gasteiger partial charge < -0.3 is 25.8 Å². The Kier molecular flexibility index (Phi) is 8.92. The van der Waals surface area contributed by atoms with E-state index in [1.807, 2.05) is 6.92 Å². The van der Waals surface area contributed by atoms with Gasteiger partial charge in [-0.1, -0.05) is 0 Å². The first-order chi connectivity index (χ1) is 16.8. The monoisotopic (exact) mass is 523 g/mol. The molecule has 0 saturated carbocycles. The fourth-order valence-electron chi connectivity index (χ4n) is 3.15. The van der Waals surface area contributed by atoms with Gasteiger partial charge in [-0.3, -0.25) is 10.6 Å². The molecule has 2 aromatic rings. The van der Waals surface area contributed by atoms with Crippen LogP contribution >= 0.6 is 23.2 Å². The van der Waals surface area contributed by atoms with Crippen molar-refractivity contribution >= 4 is 70.1 Å². The second-order valence-corrected chi connectivity index (χ2v) is 7.90. The summed E-state index contributed by atoms with van der Waals surface area (Å²) < 4.78 is 5.19. The number of carbonyl (C=O) groups is 3. The maximum Gasteiger partial charge on any atom is 0.412 e. The minimum Gasteiger partial charge on any atom is -0.465 e. The molecule has 4 amide bonds. The number of hydrogen-bond acceptors (Lipinski definition) is 7. The normalized spacial score (nSPS) is 14.0. The van der Waals surface area contributed by atoms with E-state index in [4.69, 9.17) is 38.0 Å². The number of ether oxygens (including phenoxy) is 1. The maximum atomic E-state index is 12.2. The van der Waals surface area contributed by atoms with Crippen molar-refractivity contribution in [3.05, 3.63) is 35.9 Å². The van der Waals surface area contributed by atoms with Gasteiger partial charge in [-0.25, -0.2) is 24.4 Å². The largest absolute Gasteiger partial charge is 0.465 e. The molecule has 0 saturated heterocycles. The Morgan fingerprint density at radius 3 is 2.43 bits per heavy atom. The number of halogens is 2. The van der Waals surface area contributed by atoms with Gasteiger partial charge in [-0.05, 0) is 36.8 Å². The van der Waals surface area contributed by atoms with Crippen molar-refractivity contribution in [1.29, 1.82) is 0 Å². The van der Waals surface area contributed by atoms with Gasteiger partial charge in [0.05, 0.1) is 17.4 Å². The zero-order valence-corrected chi connectivity index (χ0v) is 20.0. The molecule has 0 spiro atoms. The molecular formula is C21H23Cl2N7O5. The quantitative estimate of drug-likeness (QED) is 0.286. The number of fused-ring (bicyclic) bond motifs is 1. The van der Waals surface area contributed by atoms with Gasteiger partial charge in [-0.2, -0.15) is 0 Å². The number of hydrogen-bond donors (Lipinski definition) is 6. The van der Waals surface area contributed by atoms with E-state index < -0.39 is 18.2 Å². The Labute approximate surface area is 210 Å². The lowest BCUT2D eigenvalue weighted by atomic mass is 10.0. The van der Waals surface area contributed by atoms with Gasteiger partial charge >= 0.3 is 18.2 Å². The molecule has 1 aliphatic heterocycles. The topological polar surface area (TPSA) is 166 Å². The summed E-state index contributed by atoms with van der Waals surface area (Å²) in [6.07, 6.45) is -1.92. The number of aromatic nitrogens is 1. The van der Waals surface area contributed by atoms with E-state index in [1.165, 1.54) is 6.07 Å². The number of pyridine rings is 1. The molecule has 14 heteroatoms. The molecular weight excluding hydrogens is 501 g/mol. The van der Waals surface area contributed by atoms with Crippen molar-refractivity contribution in [2.45, 2.75) is 13.0 Å². The third kappa shape index (κ3) is 7.11.